The lowest BCUT2D eigenvalue weighted by Crippen LogP contribution is -2.33. The Hall–Kier alpha value is -2.37. The number of carboxylic acids is 1. The molecule has 130 valence electrons. The van der Waals surface area contributed by atoms with E-state index in [1.165, 1.54) is 12.1 Å². The van der Waals surface area contributed by atoms with Crippen molar-refractivity contribution in [1.82, 2.24) is 4.90 Å². The molecule has 1 aliphatic rings. The van der Waals surface area contributed by atoms with E-state index in [0.717, 1.165) is 19.3 Å². The predicted octanol–water partition coefficient (Wildman–Crippen LogP) is 2.77. The average Bonchev–Trinajstić information content (AvgIpc) is 2.99. The Morgan fingerprint density at radius 3 is 2.25 bits per heavy atom. The van der Waals surface area contributed by atoms with Crippen molar-refractivity contribution in [3.05, 3.63) is 29.3 Å². The first-order valence-electron chi connectivity index (χ1n) is 8.46. The average molecular weight is 332 g/mol. The SMILES string of the molecule is CCCN(CCC)C(=O)c1cc(C(=O)O)cc(N2CCCC2=O)c1. The van der Waals surface area contributed by atoms with Crippen molar-refractivity contribution in [2.45, 2.75) is 39.5 Å². The van der Waals surface area contributed by atoms with Gasteiger partial charge in [-0.1, -0.05) is 13.8 Å². The molecule has 1 N–H and O–H groups in total. The molecule has 2 rings (SSSR count). The van der Waals surface area contributed by atoms with Crippen LogP contribution in [0.5, 0.6) is 0 Å². The van der Waals surface area contributed by atoms with Crippen molar-refractivity contribution in [1.29, 1.82) is 0 Å². The van der Waals surface area contributed by atoms with Gasteiger partial charge >= 0.3 is 5.97 Å². The fourth-order valence-electron chi connectivity index (χ4n) is 2.97. The lowest BCUT2D eigenvalue weighted by Gasteiger charge is -2.23. The zero-order valence-corrected chi connectivity index (χ0v) is 14.2. The summed E-state index contributed by atoms with van der Waals surface area (Å²) in [5.41, 5.74) is 0.851. The Balaban J connectivity index is 2.40. The van der Waals surface area contributed by atoms with Crippen LogP contribution in [0.25, 0.3) is 0 Å². The van der Waals surface area contributed by atoms with E-state index in [1.54, 1.807) is 15.9 Å². The largest absolute Gasteiger partial charge is 0.478 e. The molecule has 1 heterocycles. The minimum atomic E-state index is -1.10. The molecular formula is C18H24N2O4. The maximum Gasteiger partial charge on any atom is 0.335 e. The highest BCUT2D eigenvalue weighted by Crippen LogP contribution is 2.25. The Kier molecular flexibility index (Phi) is 5.95. The molecule has 0 aliphatic carbocycles. The van der Waals surface area contributed by atoms with Gasteiger partial charge in [0.25, 0.3) is 5.91 Å². The van der Waals surface area contributed by atoms with Crippen LogP contribution in [0, 0.1) is 0 Å². The lowest BCUT2D eigenvalue weighted by molar-refractivity contribution is -0.117. The molecule has 0 spiro atoms. The summed E-state index contributed by atoms with van der Waals surface area (Å²) in [6, 6.07) is 4.50. The van der Waals surface area contributed by atoms with Gasteiger partial charge in [0.2, 0.25) is 5.91 Å². The summed E-state index contributed by atoms with van der Waals surface area (Å²) in [5, 5.41) is 9.34. The molecule has 0 unspecified atom stereocenters. The summed E-state index contributed by atoms with van der Waals surface area (Å²) >= 11 is 0. The zero-order valence-electron chi connectivity index (χ0n) is 14.2. The molecule has 1 aromatic rings. The molecule has 6 heteroatoms. The van der Waals surface area contributed by atoms with Crippen molar-refractivity contribution in [2.24, 2.45) is 0 Å². The number of aromatic carboxylic acids is 1. The second-order valence-electron chi connectivity index (χ2n) is 6.01. The minimum absolute atomic E-state index is 0.0310. The highest BCUT2D eigenvalue weighted by molar-refractivity contribution is 6.02. The van der Waals surface area contributed by atoms with Crippen molar-refractivity contribution in [2.75, 3.05) is 24.5 Å². The van der Waals surface area contributed by atoms with Crippen molar-refractivity contribution < 1.29 is 19.5 Å². The Bertz CT molecular complexity index is 636. The summed E-state index contributed by atoms with van der Waals surface area (Å²) < 4.78 is 0. The first kappa shape index (κ1) is 18.0. The molecule has 24 heavy (non-hydrogen) atoms. The van der Waals surface area contributed by atoms with E-state index >= 15 is 0 Å². The fourth-order valence-corrected chi connectivity index (χ4v) is 2.97. The summed E-state index contributed by atoms with van der Waals surface area (Å²) in [7, 11) is 0. The van der Waals surface area contributed by atoms with E-state index in [-0.39, 0.29) is 17.4 Å². The van der Waals surface area contributed by atoms with E-state index in [1.807, 2.05) is 13.8 Å². The van der Waals surface area contributed by atoms with E-state index in [4.69, 9.17) is 0 Å². The normalized spacial score (nSPS) is 14.1. The molecule has 0 bridgehead atoms. The second kappa shape index (κ2) is 7.95. The van der Waals surface area contributed by atoms with Gasteiger partial charge in [-0.15, -0.1) is 0 Å². The number of anilines is 1. The van der Waals surface area contributed by atoms with Crippen molar-refractivity contribution >= 4 is 23.5 Å². The minimum Gasteiger partial charge on any atom is -0.478 e. The van der Waals surface area contributed by atoms with Gasteiger partial charge in [-0.2, -0.15) is 0 Å². The van der Waals surface area contributed by atoms with Crippen LogP contribution in [-0.2, 0) is 4.79 Å². The molecular weight excluding hydrogens is 308 g/mol. The Labute approximate surface area is 142 Å². The fraction of sp³-hybridized carbons (Fsp3) is 0.500. The quantitative estimate of drug-likeness (QED) is 0.833. The number of hydrogen-bond acceptors (Lipinski definition) is 3. The smallest absolute Gasteiger partial charge is 0.335 e. The molecule has 1 fully saturated rings. The Morgan fingerprint density at radius 1 is 1.12 bits per heavy atom. The standard InChI is InChI=1S/C18H24N2O4/c1-3-7-19(8-4-2)17(22)13-10-14(18(23)24)12-15(11-13)20-9-5-6-16(20)21/h10-12H,3-9H2,1-2H3,(H,23,24). The topological polar surface area (TPSA) is 77.9 Å². The number of carbonyl (C=O) groups excluding carboxylic acids is 2. The molecule has 1 saturated heterocycles. The molecule has 0 atom stereocenters. The zero-order chi connectivity index (χ0) is 17.7. The van der Waals surface area contributed by atoms with E-state index in [2.05, 4.69) is 0 Å². The van der Waals surface area contributed by atoms with E-state index in [0.29, 0.717) is 37.3 Å². The van der Waals surface area contributed by atoms with Crippen molar-refractivity contribution in [3.63, 3.8) is 0 Å². The third kappa shape index (κ3) is 3.93. The van der Waals surface area contributed by atoms with Crippen LogP contribution in [-0.4, -0.2) is 47.4 Å². The summed E-state index contributed by atoms with van der Waals surface area (Å²) in [6.07, 6.45) is 2.87. The molecule has 0 radical (unpaired) electrons. The second-order valence-corrected chi connectivity index (χ2v) is 6.01. The first-order valence-corrected chi connectivity index (χ1v) is 8.46. The number of benzene rings is 1. The lowest BCUT2D eigenvalue weighted by atomic mass is 10.1. The van der Waals surface area contributed by atoms with Gasteiger partial charge < -0.3 is 14.9 Å². The summed E-state index contributed by atoms with van der Waals surface area (Å²) in [4.78, 5) is 39.4. The third-order valence-electron chi connectivity index (χ3n) is 4.07. The van der Waals surface area contributed by atoms with Crippen LogP contribution in [0.1, 0.15) is 60.2 Å². The molecule has 1 aromatic carbocycles. The van der Waals surface area contributed by atoms with Crippen LogP contribution in [0.3, 0.4) is 0 Å². The van der Waals surface area contributed by atoms with E-state index < -0.39 is 5.97 Å². The number of carboxylic acid groups (broad SMARTS) is 1. The maximum absolute atomic E-state index is 12.8. The van der Waals surface area contributed by atoms with Gasteiger partial charge in [-0.3, -0.25) is 9.59 Å². The van der Waals surface area contributed by atoms with Gasteiger partial charge in [-0.05, 0) is 37.5 Å². The molecule has 0 aromatic heterocycles. The molecule has 2 amide bonds. The third-order valence-corrected chi connectivity index (χ3v) is 4.07. The summed E-state index contributed by atoms with van der Waals surface area (Å²) in [6.45, 7) is 5.81. The van der Waals surface area contributed by atoms with Crippen LogP contribution < -0.4 is 4.90 Å². The highest BCUT2D eigenvalue weighted by atomic mass is 16.4. The predicted molar refractivity (Wildman–Crippen MR) is 91.5 cm³/mol. The number of hydrogen-bond donors (Lipinski definition) is 1. The van der Waals surface area contributed by atoms with Gasteiger partial charge in [0.05, 0.1) is 5.56 Å². The van der Waals surface area contributed by atoms with E-state index in [9.17, 15) is 19.5 Å². The Morgan fingerprint density at radius 2 is 1.75 bits per heavy atom. The van der Waals surface area contributed by atoms with Gasteiger partial charge in [0.15, 0.2) is 0 Å². The van der Waals surface area contributed by atoms with Crippen LogP contribution in [0.15, 0.2) is 18.2 Å². The van der Waals surface area contributed by atoms with Gasteiger partial charge in [-0.25, -0.2) is 4.79 Å². The number of nitrogens with zero attached hydrogens (tertiary/aromatic N) is 2. The highest BCUT2D eigenvalue weighted by Gasteiger charge is 2.25. The van der Waals surface area contributed by atoms with Crippen LogP contribution in [0.4, 0.5) is 5.69 Å². The monoisotopic (exact) mass is 332 g/mol. The van der Waals surface area contributed by atoms with Crippen LogP contribution >= 0.6 is 0 Å². The summed E-state index contributed by atoms with van der Waals surface area (Å²) in [5.74, 6) is -1.32. The number of amides is 2. The van der Waals surface area contributed by atoms with Gasteiger partial charge in [0, 0.05) is 37.3 Å². The first-order chi connectivity index (χ1) is 11.5. The van der Waals surface area contributed by atoms with Crippen molar-refractivity contribution in [3.8, 4) is 0 Å². The van der Waals surface area contributed by atoms with Gasteiger partial charge in [0.1, 0.15) is 0 Å². The molecule has 0 saturated carbocycles. The number of rotatable bonds is 7. The number of carbonyl (C=O) groups is 3. The van der Waals surface area contributed by atoms with Crippen LogP contribution in [0.2, 0.25) is 0 Å². The molecule has 6 nitrogen and oxygen atoms in total. The molecule has 1 aliphatic heterocycles. The maximum atomic E-state index is 12.8.